The van der Waals surface area contributed by atoms with E-state index in [2.05, 4.69) is 15.5 Å². The Bertz CT molecular complexity index is 687. The lowest BCUT2D eigenvalue weighted by Crippen LogP contribution is -2.43. The SMILES string of the molecule is Cc1cccc(Cl)c1NC(=O)N1Cc2cn[nH]c2C1(C)C. The van der Waals surface area contributed by atoms with E-state index in [0.29, 0.717) is 17.3 Å². The summed E-state index contributed by atoms with van der Waals surface area (Å²) in [6.45, 7) is 6.45. The minimum absolute atomic E-state index is 0.166. The molecule has 2 aromatic rings. The summed E-state index contributed by atoms with van der Waals surface area (Å²) in [7, 11) is 0. The summed E-state index contributed by atoms with van der Waals surface area (Å²) in [6, 6.07) is 5.39. The molecule has 0 saturated carbocycles. The van der Waals surface area contributed by atoms with Crippen molar-refractivity contribution in [3.63, 3.8) is 0 Å². The highest BCUT2D eigenvalue weighted by Gasteiger charge is 2.42. The topological polar surface area (TPSA) is 61.0 Å². The van der Waals surface area contributed by atoms with Gasteiger partial charge in [0.05, 0.1) is 34.7 Å². The van der Waals surface area contributed by atoms with E-state index >= 15 is 0 Å². The molecule has 2 heterocycles. The van der Waals surface area contributed by atoms with E-state index in [4.69, 9.17) is 11.6 Å². The van der Waals surface area contributed by atoms with Gasteiger partial charge < -0.3 is 10.2 Å². The Morgan fingerprint density at radius 2 is 2.24 bits per heavy atom. The first kappa shape index (κ1) is 13.9. The van der Waals surface area contributed by atoms with Crippen molar-refractivity contribution in [1.29, 1.82) is 0 Å². The fourth-order valence-electron chi connectivity index (χ4n) is 2.75. The van der Waals surface area contributed by atoms with Gasteiger partial charge in [-0.15, -0.1) is 0 Å². The monoisotopic (exact) mass is 304 g/mol. The molecule has 110 valence electrons. The second-order valence-electron chi connectivity index (χ2n) is 5.78. The molecular weight excluding hydrogens is 288 g/mol. The number of hydrogen-bond donors (Lipinski definition) is 2. The molecule has 1 aromatic heterocycles. The maximum Gasteiger partial charge on any atom is 0.322 e. The van der Waals surface area contributed by atoms with Crippen LogP contribution in [0.3, 0.4) is 0 Å². The van der Waals surface area contributed by atoms with Crippen LogP contribution in [-0.4, -0.2) is 21.1 Å². The number of nitrogens with zero attached hydrogens (tertiary/aromatic N) is 2. The van der Waals surface area contributed by atoms with Crippen molar-refractivity contribution >= 4 is 23.3 Å². The Morgan fingerprint density at radius 1 is 1.48 bits per heavy atom. The molecule has 5 nitrogen and oxygen atoms in total. The van der Waals surface area contributed by atoms with Crippen LogP contribution in [0.5, 0.6) is 0 Å². The molecular formula is C15H17ClN4O. The standard InChI is InChI=1S/C15H17ClN4O/c1-9-5-4-6-11(16)12(9)18-14(21)20-8-10-7-17-19-13(10)15(20,2)3/h4-7H,8H2,1-3H3,(H,17,19)(H,18,21). The zero-order valence-corrected chi connectivity index (χ0v) is 13.0. The number of fused-ring (bicyclic) bond motifs is 1. The molecule has 0 saturated heterocycles. The normalized spacial score (nSPS) is 15.9. The Morgan fingerprint density at radius 3 is 2.90 bits per heavy atom. The van der Waals surface area contributed by atoms with Crippen LogP contribution < -0.4 is 5.32 Å². The number of aryl methyl sites for hydroxylation is 1. The van der Waals surface area contributed by atoms with Gasteiger partial charge in [-0.2, -0.15) is 5.10 Å². The molecule has 0 fully saturated rings. The number of urea groups is 1. The summed E-state index contributed by atoms with van der Waals surface area (Å²) in [4.78, 5) is 14.4. The smallest absolute Gasteiger partial charge is 0.309 e. The lowest BCUT2D eigenvalue weighted by atomic mass is 10.0. The van der Waals surface area contributed by atoms with Crippen molar-refractivity contribution in [2.45, 2.75) is 32.9 Å². The molecule has 0 aliphatic carbocycles. The number of carbonyl (C=O) groups is 1. The summed E-state index contributed by atoms with van der Waals surface area (Å²) < 4.78 is 0. The molecule has 0 atom stereocenters. The van der Waals surface area contributed by atoms with E-state index < -0.39 is 5.54 Å². The van der Waals surface area contributed by atoms with Gasteiger partial charge in [-0.05, 0) is 32.4 Å². The van der Waals surface area contributed by atoms with Crippen molar-refractivity contribution < 1.29 is 4.79 Å². The highest BCUT2D eigenvalue weighted by Crippen LogP contribution is 2.38. The number of nitrogens with one attached hydrogen (secondary N) is 2. The number of benzene rings is 1. The number of H-pyrrole nitrogens is 1. The van der Waals surface area contributed by atoms with Gasteiger partial charge in [0.25, 0.3) is 0 Å². The number of rotatable bonds is 1. The molecule has 1 aliphatic heterocycles. The lowest BCUT2D eigenvalue weighted by Gasteiger charge is -2.32. The minimum Gasteiger partial charge on any atom is -0.309 e. The van der Waals surface area contributed by atoms with E-state index in [9.17, 15) is 4.79 Å². The first-order chi connectivity index (χ1) is 9.91. The average Bonchev–Trinajstić information content (AvgIpc) is 2.97. The van der Waals surface area contributed by atoms with Crippen molar-refractivity contribution in [2.75, 3.05) is 5.32 Å². The predicted molar refractivity (Wildman–Crippen MR) is 82.4 cm³/mol. The molecule has 0 unspecified atom stereocenters. The Hall–Kier alpha value is -2.01. The van der Waals surface area contributed by atoms with Crippen molar-refractivity contribution in [3.8, 4) is 0 Å². The van der Waals surface area contributed by atoms with Gasteiger partial charge in [-0.3, -0.25) is 5.10 Å². The van der Waals surface area contributed by atoms with Gasteiger partial charge in [0, 0.05) is 5.56 Å². The van der Waals surface area contributed by atoms with Crippen molar-refractivity contribution in [1.82, 2.24) is 15.1 Å². The quantitative estimate of drug-likeness (QED) is 0.844. The molecule has 2 amide bonds. The van der Waals surface area contributed by atoms with Gasteiger partial charge in [0.1, 0.15) is 0 Å². The highest BCUT2D eigenvalue weighted by molar-refractivity contribution is 6.33. The molecule has 0 spiro atoms. The summed E-state index contributed by atoms with van der Waals surface area (Å²) in [5, 5.41) is 10.5. The summed E-state index contributed by atoms with van der Waals surface area (Å²) in [5.41, 5.74) is 3.20. The van der Waals surface area contributed by atoms with E-state index in [1.807, 2.05) is 32.9 Å². The molecule has 6 heteroatoms. The van der Waals surface area contributed by atoms with Gasteiger partial charge >= 0.3 is 6.03 Å². The van der Waals surface area contributed by atoms with Crippen LogP contribution in [0.2, 0.25) is 5.02 Å². The van der Waals surface area contributed by atoms with E-state index in [0.717, 1.165) is 16.8 Å². The first-order valence-corrected chi connectivity index (χ1v) is 7.15. The molecule has 0 bridgehead atoms. The Kier molecular flexibility index (Phi) is 3.17. The zero-order valence-electron chi connectivity index (χ0n) is 12.2. The first-order valence-electron chi connectivity index (χ1n) is 6.77. The Balaban J connectivity index is 1.86. The number of para-hydroxylation sites is 1. The van der Waals surface area contributed by atoms with E-state index in [1.54, 1.807) is 17.2 Å². The van der Waals surface area contributed by atoms with E-state index in [1.165, 1.54) is 0 Å². The second-order valence-corrected chi connectivity index (χ2v) is 6.18. The summed E-state index contributed by atoms with van der Waals surface area (Å²) in [6.07, 6.45) is 1.77. The molecule has 1 aromatic carbocycles. The fourth-order valence-corrected chi connectivity index (χ4v) is 3.02. The van der Waals surface area contributed by atoms with Gasteiger partial charge in [-0.1, -0.05) is 23.7 Å². The molecule has 1 aliphatic rings. The summed E-state index contributed by atoms with van der Waals surface area (Å²) >= 11 is 6.17. The van der Waals surface area contributed by atoms with Crippen molar-refractivity contribution in [2.24, 2.45) is 0 Å². The van der Waals surface area contributed by atoms with Crippen LogP contribution in [0.25, 0.3) is 0 Å². The maximum atomic E-state index is 12.6. The fraction of sp³-hybridized carbons (Fsp3) is 0.333. The van der Waals surface area contributed by atoms with Crippen LogP contribution in [0, 0.1) is 6.92 Å². The number of amides is 2. The van der Waals surface area contributed by atoms with Crippen LogP contribution in [0.15, 0.2) is 24.4 Å². The van der Waals surface area contributed by atoms with Gasteiger partial charge in [-0.25, -0.2) is 4.79 Å². The van der Waals surface area contributed by atoms with Gasteiger partial charge in [0.2, 0.25) is 0 Å². The third-order valence-electron chi connectivity index (χ3n) is 4.03. The number of aromatic nitrogens is 2. The van der Waals surface area contributed by atoms with Crippen LogP contribution in [0.1, 0.15) is 30.7 Å². The number of anilines is 1. The molecule has 3 rings (SSSR count). The number of halogens is 1. The molecule has 0 radical (unpaired) electrons. The maximum absolute atomic E-state index is 12.6. The largest absolute Gasteiger partial charge is 0.322 e. The molecule has 2 N–H and O–H groups in total. The second kappa shape index (κ2) is 4.77. The predicted octanol–water partition coefficient (Wildman–Crippen LogP) is 3.65. The highest BCUT2D eigenvalue weighted by atomic mass is 35.5. The number of carbonyl (C=O) groups excluding carboxylic acids is 1. The average molecular weight is 305 g/mol. The number of hydrogen-bond acceptors (Lipinski definition) is 2. The van der Waals surface area contributed by atoms with Crippen molar-refractivity contribution in [3.05, 3.63) is 46.2 Å². The third kappa shape index (κ3) is 2.17. The van der Waals surface area contributed by atoms with Gasteiger partial charge in [0.15, 0.2) is 0 Å². The van der Waals surface area contributed by atoms with E-state index in [-0.39, 0.29) is 6.03 Å². The lowest BCUT2D eigenvalue weighted by molar-refractivity contribution is 0.155. The third-order valence-corrected chi connectivity index (χ3v) is 4.35. The Labute approximate surface area is 128 Å². The van der Waals surface area contributed by atoms with Crippen LogP contribution >= 0.6 is 11.6 Å². The minimum atomic E-state index is -0.426. The zero-order chi connectivity index (χ0) is 15.2. The number of aromatic amines is 1. The van der Waals surface area contributed by atoms with Crippen LogP contribution in [-0.2, 0) is 12.1 Å². The molecule has 21 heavy (non-hydrogen) atoms. The summed E-state index contributed by atoms with van der Waals surface area (Å²) in [5.74, 6) is 0. The van der Waals surface area contributed by atoms with Crippen LogP contribution in [0.4, 0.5) is 10.5 Å².